The van der Waals surface area contributed by atoms with Crippen LogP contribution in [0.2, 0.25) is 0 Å². The topological polar surface area (TPSA) is 74.3 Å². The van der Waals surface area contributed by atoms with E-state index in [-0.39, 0.29) is 11.8 Å². The summed E-state index contributed by atoms with van der Waals surface area (Å²) < 4.78 is 26.7. The summed E-state index contributed by atoms with van der Waals surface area (Å²) in [5.41, 5.74) is 0. The van der Waals surface area contributed by atoms with Crippen molar-refractivity contribution < 1.29 is 8.42 Å². The molecule has 0 aromatic carbocycles. The number of nitrogens with one attached hydrogen (secondary N) is 2. The second-order valence-corrected chi connectivity index (χ2v) is 7.42. The Morgan fingerprint density at radius 1 is 1.53 bits per heavy atom. The Morgan fingerprint density at radius 2 is 2.26 bits per heavy atom. The molecular weight excluding hydrogens is 284 g/mol. The summed E-state index contributed by atoms with van der Waals surface area (Å²) in [5, 5.41) is 5.89. The van der Waals surface area contributed by atoms with Crippen LogP contribution < -0.4 is 10.0 Å². The maximum Gasteiger partial charge on any atom is 0.213 e. The summed E-state index contributed by atoms with van der Waals surface area (Å²) in [5.74, 6) is 0.142. The molecule has 19 heavy (non-hydrogen) atoms. The lowest BCUT2D eigenvalue weighted by Gasteiger charge is -2.27. The minimum atomic E-state index is -3.25. The van der Waals surface area contributed by atoms with Gasteiger partial charge in [-0.1, -0.05) is 0 Å². The average Bonchev–Trinajstić information content (AvgIpc) is 2.91. The fraction of sp³-hybridized carbons (Fsp3) is 0.727. The van der Waals surface area contributed by atoms with Gasteiger partial charge in [-0.2, -0.15) is 0 Å². The van der Waals surface area contributed by atoms with Crippen LogP contribution in [-0.4, -0.2) is 56.8 Å². The Balaban J connectivity index is 1.81. The number of sulfonamides is 1. The first-order valence-electron chi connectivity index (χ1n) is 6.39. The first-order chi connectivity index (χ1) is 9.07. The molecule has 1 aromatic heterocycles. The molecule has 0 aliphatic carbocycles. The predicted octanol–water partition coefficient (Wildman–Crippen LogP) is 0.0287. The number of thiazole rings is 1. The molecular formula is C11H20N4O2S2. The van der Waals surface area contributed by atoms with Crippen LogP contribution in [0.4, 0.5) is 0 Å². The van der Waals surface area contributed by atoms with Gasteiger partial charge < -0.3 is 5.32 Å². The highest BCUT2D eigenvalue weighted by atomic mass is 32.2. The van der Waals surface area contributed by atoms with Crippen molar-refractivity contribution in [2.45, 2.75) is 13.0 Å². The number of aromatic nitrogens is 1. The fourth-order valence-electron chi connectivity index (χ4n) is 2.01. The third kappa shape index (κ3) is 4.81. The molecule has 2 N–H and O–H groups in total. The zero-order valence-corrected chi connectivity index (χ0v) is 12.6. The van der Waals surface area contributed by atoms with Gasteiger partial charge in [0, 0.05) is 44.3 Å². The molecule has 1 fully saturated rings. The van der Waals surface area contributed by atoms with Gasteiger partial charge in [0.2, 0.25) is 10.0 Å². The molecule has 8 heteroatoms. The van der Waals surface area contributed by atoms with E-state index in [1.807, 2.05) is 12.3 Å². The molecule has 1 aliphatic heterocycles. The molecule has 1 atom stereocenters. The van der Waals surface area contributed by atoms with Gasteiger partial charge in [-0.3, -0.25) is 4.90 Å². The quantitative estimate of drug-likeness (QED) is 0.775. The van der Waals surface area contributed by atoms with Gasteiger partial charge in [0.15, 0.2) is 0 Å². The zero-order valence-electron chi connectivity index (χ0n) is 11.0. The summed E-state index contributed by atoms with van der Waals surface area (Å²) in [6.07, 6.45) is 1.69. The van der Waals surface area contributed by atoms with Crippen LogP contribution in [0, 0.1) is 0 Å². The minimum absolute atomic E-state index is 0.142. The number of rotatable bonds is 6. The lowest BCUT2D eigenvalue weighted by atomic mass is 10.4. The van der Waals surface area contributed by atoms with E-state index < -0.39 is 10.0 Å². The predicted molar refractivity (Wildman–Crippen MR) is 76.8 cm³/mol. The van der Waals surface area contributed by atoms with E-state index in [4.69, 9.17) is 0 Å². The molecule has 0 saturated carbocycles. The largest absolute Gasteiger partial charge is 0.314 e. The molecule has 2 heterocycles. The lowest BCUT2D eigenvalue weighted by Crippen LogP contribution is -2.46. The smallest absolute Gasteiger partial charge is 0.213 e. The Labute approximate surface area is 118 Å². The summed E-state index contributed by atoms with van der Waals surface area (Å²) in [7, 11) is -3.25. The molecule has 0 bridgehead atoms. The van der Waals surface area contributed by atoms with Crippen LogP contribution in [0.25, 0.3) is 0 Å². The Bertz CT molecular complexity index is 469. The molecule has 1 aromatic rings. The molecule has 0 amide bonds. The second kappa shape index (κ2) is 6.76. The lowest BCUT2D eigenvalue weighted by molar-refractivity contribution is 0.253. The van der Waals surface area contributed by atoms with E-state index in [2.05, 4.69) is 19.9 Å². The van der Waals surface area contributed by atoms with Crippen molar-refractivity contribution in [3.8, 4) is 0 Å². The van der Waals surface area contributed by atoms with Gasteiger partial charge in [0.1, 0.15) is 5.01 Å². The summed E-state index contributed by atoms with van der Waals surface area (Å²) in [4.78, 5) is 6.29. The van der Waals surface area contributed by atoms with Crippen LogP contribution in [0.15, 0.2) is 11.6 Å². The van der Waals surface area contributed by atoms with Crippen molar-refractivity contribution in [2.24, 2.45) is 0 Å². The van der Waals surface area contributed by atoms with Crippen LogP contribution in [0.5, 0.6) is 0 Å². The molecule has 0 spiro atoms. The number of hydrogen-bond donors (Lipinski definition) is 2. The van der Waals surface area contributed by atoms with Crippen LogP contribution in [-0.2, 0) is 10.0 Å². The first kappa shape index (κ1) is 14.9. The third-order valence-electron chi connectivity index (χ3n) is 3.06. The highest BCUT2D eigenvalue weighted by molar-refractivity contribution is 7.89. The van der Waals surface area contributed by atoms with Crippen LogP contribution in [0.3, 0.4) is 0 Å². The standard InChI is InChI=1S/C11H20N4O2S2/c1-10(11-13-4-8-18-11)14-19(16,17)9-7-15-5-2-12-3-6-15/h4,8,10,12,14H,2-3,5-7,9H2,1H3. The highest BCUT2D eigenvalue weighted by Crippen LogP contribution is 2.15. The van der Waals surface area contributed by atoms with Crippen molar-refractivity contribution >= 4 is 21.4 Å². The van der Waals surface area contributed by atoms with E-state index >= 15 is 0 Å². The Kier molecular flexibility index (Phi) is 5.28. The Morgan fingerprint density at radius 3 is 2.89 bits per heavy atom. The third-order valence-corrected chi connectivity index (χ3v) is 5.45. The van der Waals surface area contributed by atoms with Gasteiger partial charge in [0.05, 0.1) is 11.8 Å². The van der Waals surface area contributed by atoms with Crippen molar-refractivity contribution in [3.05, 3.63) is 16.6 Å². The van der Waals surface area contributed by atoms with Gasteiger partial charge in [0.25, 0.3) is 0 Å². The van der Waals surface area contributed by atoms with Crippen LogP contribution >= 0.6 is 11.3 Å². The van der Waals surface area contributed by atoms with E-state index in [0.29, 0.717) is 6.54 Å². The summed E-state index contributed by atoms with van der Waals surface area (Å²) in [6.45, 7) is 6.10. The molecule has 6 nitrogen and oxygen atoms in total. The van der Waals surface area contributed by atoms with Gasteiger partial charge in [-0.05, 0) is 6.92 Å². The molecule has 2 rings (SSSR count). The van der Waals surface area contributed by atoms with E-state index in [9.17, 15) is 8.42 Å². The molecule has 0 radical (unpaired) electrons. The molecule has 1 unspecified atom stereocenters. The highest BCUT2D eigenvalue weighted by Gasteiger charge is 2.19. The molecule has 1 aliphatic rings. The van der Waals surface area contributed by atoms with Crippen molar-refractivity contribution in [1.29, 1.82) is 0 Å². The molecule has 1 saturated heterocycles. The van der Waals surface area contributed by atoms with E-state index in [1.54, 1.807) is 6.20 Å². The Hall–Kier alpha value is -0.540. The van der Waals surface area contributed by atoms with Crippen molar-refractivity contribution in [3.63, 3.8) is 0 Å². The number of hydrogen-bond acceptors (Lipinski definition) is 6. The van der Waals surface area contributed by atoms with Gasteiger partial charge in [-0.25, -0.2) is 18.1 Å². The number of piperazine rings is 1. The van der Waals surface area contributed by atoms with Gasteiger partial charge >= 0.3 is 0 Å². The first-order valence-corrected chi connectivity index (χ1v) is 8.92. The van der Waals surface area contributed by atoms with Crippen molar-refractivity contribution in [1.82, 2.24) is 19.9 Å². The summed E-state index contributed by atoms with van der Waals surface area (Å²) in [6, 6.07) is -0.256. The molecule has 108 valence electrons. The second-order valence-electron chi connectivity index (χ2n) is 4.62. The summed E-state index contributed by atoms with van der Waals surface area (Å²) >= 11 is 1.46. The van der Waals surface area contributed by atoms with E-state index in [0.717, 1.165) is 31.2 Å². The zero-order chi connectivity index (χ0) is 13.7. The normalized spacial score (nSPS) is 19.4. The maximum atomic E-state index is 12.0. The van der Waals surface area contributed by atoms with Gasteiger partial charge in [-0.15, -0.1) is 11.3 Å². The van der Waals surface area contributed by atoms with E-state index in [1.165, 1.54) is 11.3 Å². The van der Waals surface area contributed by atoms with Crippen LogP contribution in [0.1, 0.15) is 18.0 Å². The minimum Gasteiger partial charge on any atom is -0.314 e. The maximum absolute atomic E-state index is 12.0. The monoisotopic (exact) mass is 304 g/mol. The average molecular weight is 304 g/mol. The van der Waals surface area contributed by atoms with Crippen molar-refractivity contribution in [2.75, 3.05) is 38.5 Å². The fourth-order valence-corrected chi connectivity index (χ4v) is 4.00. The number of nitrogens with zero attached hydrogens (tertiary/aromatic N) is 2. The SMILES string of the molecule is CC(NS(=O)(=O)CCN1CCNCC1)c1nccs1.